The smallest absolute Gasteiger partial charge is 0.335 e. The van der Waals surface area contributed by atoms with Gasteiger partial charge in [0.25, 0.3) is 5.91 Å². The van der Waals surface area contributed by atoms with Crippen molar-refractivity contribution in [1.29, 1.82) is 0 Å². The van der Waals surface area contributed by atoms with Crippen molar-refractivity contribution >= 4 is 52.4 Å². The van der Waals surface area contributed by atoms with Gasteiger partial charge in [0.05, 0.1) is 16.8 Å². The zero-order valence-corrected chi connectivity index (χ0v) is 19.3. The summed E-state index contributed by atoms with van der Waals surface area (Å²) in [5.41, 5.74) is 0.690. The lowest BCUT2D eigenvalue weighted by Crippen LogP contribution is -2.74. The van der Waals surface area contributed by atoms with Crippen LogP contribution < -0.4 is 15.1 Å². The first-order valence-corrected chi connectivity index (χ1v) is 11.5. The van der Waals surface area contributed by atoms with E-state index in [-0.39, 0.29) is 29.1 Å². The highest BCUT2D eigenvalue weighted by Crippen LogP contribution is 2.50. The Kier molecular flexibility index (Phi) is 4.98. The Morgan fingerprint density at radius 1 is 1.03 bits per heavy atom. The zero-order valence-electron chi connectivity index (χ0n) is 17.8. The Labute approximate surface area is 196 Å². The number of hydrogen-bond donors (Lipinski definition) is 1. The van der Waals surface area contributed by atoms with Crippen molar-refractivity contribution in [2.24, 2.45) is 17.3 Å². The average Bonchev–Trinajstić information content (AvgIpc) is 2.74. The molecule has 2 aromatic rings. The van der Waals surface area contributed by atoms with Gasteiger partial charge in [-0.05, 0) is 54.5 Å². The molecule has 3 aliphatic rings. The molecule has 6 nitrogen and oxygen atoms in total. The predicted molar refractivity (Wildman–Crippen MR) is 124 cm³/mol. The number of benzene rings is 2. The maximum Gasteiger partial charge on any atom is 0.335 e. The average molecular weight is 472 g/mol. The number of fused-ring (bicyclic) bond motifs is 4. The molecule has 0 aromatic heterocycles. The van der Waals surface area contributed by atoms with Crippen LogP contribution in [0.4, 0.5) is 16.2 Å². The molecule has 166 valence electrons. The molecule has 8 heteroatoms. The Bertz CT molecular complexity index is 1150. The number of rotatable bonds is 1. The molecular weight excluding hydrogens is 449 g/mol. The number of nitrogens with zero attached hydrogens (tertiary/aromatic N) is 2. The van der Waals surface area contributed by atoms with Crippen LogP contribution in [0.25, 0.3) is 0 Å². The van der Waals surface area contributed by atoms with Crippen LogP contribution in [0.1, 0.15) is 25.8 Å². The minimum atomic E-state index is -1.45. The summed E-state index contributed by atoms with van der Waals surface area (Å²) in [6.07, 6.45) is 1.10. The first kappa shape index (κ1) is 21.3. The van der Waals surface area contributed by atoms with E-state index in [9.17, 15) is 14.4 Å². The highest BCUT2D eigenvalue weighted by atomic mass is 35.5. The molecule has 2 aromatic carbocycles. The standard InChI is InChI=1S/C24H23Cl2N3O3/c1-13-9-14(2)20-24(11-15-5-3-4-6-18(15)28(20)12-13)21(30)27-23(32)29(22(24)31)19-10-16(25)7-8-17(19)26/h3-8,10,13-14,20H,9,11-12H2,1-2H3,(H,27,30,32)/t13-,14+,20+,24+/m1/s1. The van der Waals surface area contributed by atoms with E-state index in [1.807, 2.05) is 24.3 Å². The SMILES string of the molecule is C[C@@H]1C[C@H](C)[C@@H]2N(C1)c1ccccc1C[C@@]21C(=O)NC(=O)N(c2cc(Cl)ccc2Cl)C1=O. The van der Waals surface area contributed by atoms with Gasteiger partial charge in [0.2, 0.25) is 5.91 Å². The Morgan fingerprint density at radius 3 is 2.56 bits per heavy atom. The Hall–Kier alpha value is -2.57. The fraction of sp³-hybridized carbons (Fsp3) is 0.375. The molecule has 0 saturated carbocycles. The topological polar surface area (TPSA) is 69.7 Å². The molecule has 1 N–H and O–H groups in total. The van der Waals surface area contributed by atoms with Gasteiger partial charge in [-0.15, -0.1) is 0 Å². The number of carbonyl (C=O) groups is 3. The molecule has 5 rings (SSSR count). The van der Waals surface area contributed by atoms with Crippen LogP contribution >= 0.6 is 23.2 Å². The van der Waals surface area contributed by atoms with Crippen LogP contribution in [0.2, 0.25) is 10.0 Å². The molecule has 4 amide bonds. The fourth-order valence-corrected chi connectivity index (χ4v) is 6.25. The van der Waals surface area contributed by atoms with Crippen molar-refractivity contribution in [1.82, 2.24) is 5.32 Å². The second kappa shape index (κ2) is 7.49. The molecular formula is C24H23Cl2N3O3. The number of carbonyl (C=O) groups excluding carboxylic acids is 3. The summed E-state index contributed by atoms with van der Waals surface area (Å²) in [6, 6.07) is 11.3. The molecule has 0 unspecified atom stereocenters. The third-order valence-corrected chi connectivity index (χ3v) is 7.55. The van der Waals surface area contributed by atoms with Gasteiger partial charge in [0.1, 0.15) is 0 Å². The fourth-order valence-electron chi connectivity index (χ4n) is 5.89. The van der Waals surface area contributed by atoms with Crippen LogP contribution in [-0.2, 0) is 16.0 Å². The van der Waals surface area contributed by atoms with Crippen LogP contribution in [0.15, 0.2) is 42.5 Å². The number of halogens is 2. The van der Waals surface area contributed by atoms with E-state index in [1.165, 1.54) is 12.1 Å². The molecule has 0 radical (unpaired) electrons. The maximum atomic E-state index is 14.2. The van der Waals surface area contributed by atoms with Gasteiger partial charge in [-0.25, -0.2) is 9.69 Å². The second-order valence-corrected chi connectivity index (χ2v) is 10.0. The van der Waals surface area contributed by atoms with Gasteiger partial charge < -0.3 is 4.90 Å². The maximum absolute atomic E-state index is 14.2. The zero-order chi connectivity index (χ0) is 22.8. The van der Waals surface area contributed by atoms with Gasteiger partial charge in [-0.3, -0.25) is 14.9 Å². The van der Waals surface area contributed by atoms with Crippen LogP contribution in [-0.4, -0.2) is 30.4 Å². The van der Waals surface area contributed by atoms with Gasteiger partial charge in [0.15, 0.2) is 5.41 Å². The number of anilines is 2. The summed E-state index contributed by atoms with van der Waals surface area (Å²) < 4.78 is 0. The van der Waals surface area contributed by atoms with Crippen LogP contribution in [0, 0.1) is 17.3 Å². The number of hydrogen-bond acceptors (Lipinski definition) is 4. The molecule has 0 bridgehead atoms. The van der Waals surface area contributed by atoms with Gasteiger partial charge in [-0.2, -0.15) is 0 Å². The van der Waals surface area contributed by atoms with Crippen molar-refractivity contribution in [3.63, 3.8) is 0 Å². The number of nitrogens with one attached hydrogen (secondary N) is 1. The summed E-state index contributed by atoms with van der Waals surface area (Å²) in [4.78, 5) is 43.8. The number of urea groups is 1. The first-order valence-electron chi connectivity index (χ1n) is 10.7. The second-order valence-electron chi connectivity index (χ2n) is 9.19. The summed E-state index contributed by atoms with van der Waals surface area (Å²) in [7, 11) is 0. The normalized spacial score (nSPS) is 29.6. The van der Waals surface area contributed by atoms with Crippen molar-refractivity contribution < 1.29 is 14.4 Å². The van der Waals surface area contributed by atoms with E-state index < -0.39 is 23.3 Å². The van der Waals surface area contributed by atoms with Crippen LogP contribution in [0.3, 0.4) is 0 Å². The minimum absolute atomic E-state index is 0.0618. The van der Waals surface area contributed by atoms with Gasteiger partial charge in [0, 0.05) is 17.3 Å². The summed E-state index contributed by atoms with van der Waals surface area (Å²) in [6.45, 7) is 5.00. The molecule has 2 saturated heterocycles. The van der Waals surface area contributed by atoms with E-state index in [4.69, 9.17) is 23.2 Å². The minimum Gasteiger partial charge on any atom is -0.366 e. The molecule has 4 atom stereocenters. The highest BCUT2D eigenvalue weighted by Gasteiger charge is 2.64. The number of amides is 4. The molecule has 3 heterocycles. The molecule has 1 spiro atoms. The molecule has 32 heavy (non-hydrogen) atoms. The monoisotopic (exact) mass is 471 g/mol. The summed E-state index contributed by atoms with van der Waals surface area (Å²) in [5, 5.41) is 3.01. The lowest BCUT2D eigenvalue weighted by Gasteiger charge is -2.56. The first-order chi connectivity index (χ1) is 15.2. The predicted octanol–water partition coefficient (Wildman–Crippen LogP) is 4.67. The van der Waals surface area contributed by atoms with Crippen LogP contribution in [0.5, 0.6) is 0 Å². The van der Waals surface area contributed by atoms with Crippen molar-refractivity contribution in [3.05, 3.63) is 58.1 Å². The summed E-state index contributed by atoms with van der Waals surface area (Å²) >= 11 is 12.5. The largest absolute Gasteiger partial charge is 0.366 e. The van der Waals surface area contributed by atoms with E-state index in [0.717, 1.165) is 29.1 Å². The molecule has 2 fully saturated rings. The van der Waals surface area contributed by atoms with Gasteiger partial charge in [-0.1, -0.05) is 55.2 Å². The molecule has 3 aliphatic heterocycles. The van der Waals surface area contributed by atoms with Crippen molar-refractivity contribution in [2.75, 3.05) is 16.3 Å². The van der Waals surface area contributed by atoms with E-state index in [1.54, 1.807) is 6.07 Å². The van der Waals surface area contributed by atoms with E-state index >= 15 is 0 Å². The Morgan fingerprint density at radius 2 is 1.78 bits per heavy atom. The number of piperidine rings is 1. The lowest BCUT2D eigenvalue weighted by molar-refractivity contribution is -0.146. The number of para-hydroxylation sites is 1. The lowest BCUT2D eigenvalue weighted by atomic mass is 9.62. The third-order valence-electron chi connectivity index (χ3n) is 7.00. The van der Waals surface area contributed by atoms with Crippen molar-refractivity contribution in [2.45, 2.75) is 32.7 Å². The summed E-state index contributed by atoms with van der Waals surface area (Å²) in [5.74, 6) is -0.632. The van der Waals surface area contributed by atoms with E-state index in [2.05, 4.69) is 24.1 Å². The van der Waals surface area contributed by atoms with Gasteiger partial charge >= 0.3 is 6.03 Å². The highest BCUT2D eigenvalue weighted by molar-refractivity contribution is 6.39. The van der Waals surface area contributed by atoms with Crippen molar-refractivity contribution in [3.8, 4) is 0 Å². The Balaban J connectivity index is 1.71. The number of barbiturate groups is 1. The molecule has 0 aliphatic carbocycles. The quantitative estimate of drug-likeness (QED) is 0.613. The van der Waals surface area contributed by atoms with E-state index in [0.29, 0.717) is 10.9 Å². The third kappa shape index (κ3) is 2.96. The number of imide groups is 2.